The van der Waals surface area contributed by atoms with Crippen LogP contribution in [-0.4, -0.2) is 0 Å². The van der Waals surface area contributed by atoms with Crippen molar-refractivity contribution >= 4 is 22.6 Å². The molecule has 0 spiro atoms. The Hall–Kier alpha value is -0.0900. The van der Waals surface area contributed by atoms with Gasteiger partial charge in [-0.15, -0.1) is 0 Å². The van der Waals surface area contributed by atoms with Gasteiger partial charge in [0, 0.05) is 9.61 Å². The summed E-state index contributed by atoms with van der Waals surface area (Å²) in [4.78, 5) is 0. The lowest BCUT2D eigenvalue weighted by Gasteiger charge is -2.20. The zero-order valence-corrected chi connectivity index (χ0v) is 13.1. The Morgan fingerprint density at radius 2 is 2.06 bits per heavy atom. The third-order valence-corrected chi connectivity index (χ3v) is 4.08. The van der Waals surface area contributed by atoms with E-state index >= 15 is 0 Å². The Kier molecular flexibility index (Phi) is 7.12. The highest BCUT2D eigenvalue weighted by atomic mass is 127. The number of hydrogen-bond donors (Lipinski definition) is 1. The maximum atomic E-state index is 6.31. The maximum absolute atomic E-state index is 6.31. The van der Waals surface area contributed by atoms with Gasteiger partial charge in [0.05, 0.1) is 0 Å². The van der Waals surface area contributed by atoms with Crippen LogP contribution in [-0.2, 0) is 0 Å². The molecule has 0 aliphatic heterocycles. The molecule has 96 valence electrons. The maximum Gasteiger partial charge on any atom is 0.0297 e. The highest BCUT2D eigenvalue weighted by Gasteiger charge is 2.13. The molecule has 1 rings (SSSR count). The van der Waals surface area contributed by atoms with Crippen LogP contribution in [0.15, 0.2) is 24.3 Å². The van der Waals surface area contributed by atoms with Crippen molar-refractivity contribution < 1.29 is 0 Å². The van der Waals surface area contributed by atoms with Gasteiger partial charge in [-0.1, -0.05) is 51.7 Å². The van der Waals surface area contributed by atoms with E-state index in [4.69, 9.17) is 5.73 Å². The molecule has 0 aliphatic carbocycles. The molecule has 1 aromatic carbocycles. The summed E-state index contributed by atoms with van der Waals surface area (Å²) >= 11 is 2.35. The van der Waals surface area contributed by atoms with E-state index in [1.54, 1.807) is 0 Å². The zero-order chi connectivity index (χ0) is 12.7. The molecule has 1 nitrogen and oxygen atoms in total. The summed E-state index contributed by atoms with van der Waals surface area (Å²) in [6.07, 6.45) is 6.31. The van der Waals surface area contributed by atoms with Crippen molar-refractivity contribution in [2.75, 3.05) is 0 Å². The number of halogens is 1. The van der Waals surface area contributed by atoms with Crippen LogP contribution < -0.4 is 5.73 Å². The lowest BCUT2D eigenvalue weighted by Crippen LogP contribution is -2.15. The lowest BCUT2D eigenvalue weighted by atomic mass is 9.90. The van der Waals surface area contributed by atoms with E-state index in [0.29, 0.717) is 0 Å². The van der Waals surface area contributed by atoms with E-state index in [0.717, 1.165) is 12.3 Å². The van der Waals surface area contributed by atoms with Crippen LogP contribution >= 0.6 is 22.6 Å². The summed E-state index contributed by atoms with van der Waals surface area (Å²) < 4.78 is 1.28. The Morgan fingerprint density at radius 1 is 1.29 bits per heavy atom. The molecule has 2 unspecified atom stereocenters. The van der Waals surface area contributed by atoms with Gasteiger partial charge in [-0.05, 0) is 52.6 Å². The van der Waals surface area contributed by atoms with Gasteiger partial charge in [0.1, 0.15) is 0 Å². The van der Waals surface area contributed by atoms with Crippen molar-refractivity contribution in [3.8, 4) is 0 Å². The largest absolute Gasteiger partial charge is 0.324 e. The fourth-order valence-electron chi connectivity index (χ4n) is 2.21. The predicted molar refractivity (Wildman–Crippen MR) is 84.0 cm³/mol. The van der Waals surface area contributed by atoms with E-state index in [-0.39, 0.29) is 6.04 Å². The minimum absolute atomic E-state index is 0.200. The zero-order valence-electron chi connectivity index (χ0n) is 11.0. The third-order valence-electron chi connectivity index (χ3n) is 3.41. The molecule has 0 aliphatic rings. The van der Waals surface area contributed by atoms with Crippen LogP contribution in [0.2, 0.25) is 0 Å². The summed E-state index contributed by atoms with van der Waals surface area (Å²) in [5.41, 5.74) is 7.59. The highest BCUT2D eigenvalue weighted by Crippen LogP contribution is 2.25. The van der Waals surface area contributed by atoms with Crippen LogP contribution in [0, 0.1) is 9.49 Å². The van der Waals surface area contributed by atoms with Gasteiger partial charge in [0.15, 0.2) is 0 Å². The molecule has 0 heterocycles. The van der Waals surface area contributed by atoms with Gasteiger partial charge in [-0.25, -0.2) is 0 Å². The Balaban J connectivity index is 2.54. The molecule has 2 heteroatoms. The van der Waals surface area contributed by atoms with Crippen molar-refractivity contribution in [1.82, 2.24) is 0 Å². The number of unbranched alkanes of at least 4 members (excludes halogenated alkanes) is 1. The summed E-state index contributed by atoms with van der Waals surface area (Å²) in [7, 11) is 0. The molecule has 0 saturated heterocycles. The monoisotopic (exact) mass is 345 g/mol. The number of nitrogens with two attached hydrogens (primary N) is 1. The van der Waals surface area contributed by atoms with Gasteiger partial charge in [-0.3, -0.25) is 0 Å². The first kappa shape index (κ1) is 15.0. The number of benzene rings is 1. The minimum Gasteiger partial charge on any atom is -0.324 e. The quantitative estimate of drug-likeness (QED) is 0.699. The minimum atomic E-state index is 0.200. The molecular formula is C15H24IN. The molecule has 0 saturated carbocycles. The van der Waals surface area contributed by atoms with Crippen LogP contribution in [0.25, 0.3) is 0 Å². The van der Waals surface area contributed by atoms with E-state index in [1.165, 1.54) is 34.8 Å². The highest BCUT2D eigenvalue weighted by molar-refractivity contribution is 14.1. The van der Waals surface area contributed by atoms with E-state index < -0.39 is 0 Å². The van der Waals surface area contributed by atoms with Crippen molar-refractivity contribution in [2.24, 2.45) is 11.7 Å². The molecule has 0 amide bonds. The second kappa shape index (κ2) is 8.09. The van der Waals surface area contributed by atoms with E-state index in [1.807, 2.05) is 0 Å². The van der Waals surface area contributed by atoms with E-state index in [9.17, 15) is 0 Å². The Bertz CT molecular complexity index is 324. The van der Waals surface area contributed by atoms with Crippen molar-refractivity contribution in [2.45, 2.75) is 52.0 Å². The second-order valence-corrected chi connectivity index (χ2v) is 6.06. The van der Waals surface area contributed by atoms with Gasteiger partial charge in [0.25, 0.3) is 0 Å². The fourth-order valence-corrected chi connectivity index (χ4v) is 2.78. The molecule has 2 atom stereocenters. The Labute approximate surface area is 119 Å². The molecule has 0 radical (unpaired) electrons. The normalized spacial score (nSPS) is 14.6. The van der Waals surface area contributed by atoms with Crippen LogP contribution in [0.1, 0.15) is 57.6 Å². The summed E-state index contributed by atoms with van der Waals surface area (Å²) in [5, 5.41) is 0. The van der Waals surface area contributed by atoms with Crippen molar-refractivity contribution in [3.05, 3.63) is 33.4 Å². The summed E-state index contributed by atoms with van der Waals surface area (Å²) in [6.45, 7) is 4.54. The number of hydrogen-bond acceptors (Lipinski definition) is 1. The topological polar surface area (TPSA) is 26.0 Å². The first-order valence-electron chi connectivity index (χ1n) is 6.68. The standard InChI is InChI=1S/C15H24IN/c1-3-5-7-12(4-2)10-15(17)13-8-6-9-14(16)11-13/h6,8-9,11-12,15H,3-5,7,10,17H2,1-2H3. The van der Waals surface area contributed by atoms with Gasteiger partial charge in [0.2, 0.25) is 0 Å². The molecular weight excluding hydrogens is 321 g/mol. The molecule has 1 aromatic rings. The molecule has 0 fully saturated rings. The first-order valence-corrected chi connectivity index (χ1v) is 7.76. The second-order valence-electron chi connectivity index (χ2n) is 4.81. The predicted octanol–water partition coefficient (Wildman–Crippen LogP) is 4.90. The van der Waals surface area contributed by atoms with Crippen LogP contribution in [0.4, 0.5) is 0 Å². The smallest absolute Gasteiger partial charge is 0.0297 e. The van der Waals surface area contributed by atoms with Crippen molar-refractivity contribution in [3.63, 3.8) is 0 Å². The lowest BCUT2D eigenvalue weighted by molar-refractivity contribution is 0.388. The van der Waals surface area contributed by atoms with Crippen LogP contribution in [0.5, 0.6) is 0 Å². The first-order chi connectivity index (χ1) is 8.17. The van der Waals surface area contributed by atoms with Gasteiger partial charge in [-0.2, -0.15) is 0 Å². The Morgan fingerprint density at radius 3 is 2.65 bits per heavy atom. The third kappa shape index (κ3) is 5.38. The number of rotatable bonds is 7. The van der Waals surface area contributed by atoms with Crippen molar-refractivity contribution in [1.29, 1.82) is 0 Å². The fraction of sp³-hybridized carbons (Fsp3) is 0.600. The average Bonchev–Trinajstić information content (AvgIpc) is 2.34. The molecule has 0 bridgehead atoms. The summed E-state index contributed by atoms with van der Waals surface area (Å²) in [6, 6.07) is 8.78. The molecule has 0 aromatic heterocycles. The van der Waals surface area contributed by atoms with Gasteiger partial charge >= 0.3 is 0 Å². The summed E-state index contributed by atoms with van der Waals surface area (Å²) in [5.74, 6) is 0.780. The SMILES string of the molecule is CCCCC(CC)CC(N)c1cccc(I)c1. The van der Waals surface area contributed by atoms with Crippen LogP contribution in [0.3, 0.4) is 0 Å². The van der Waals surface area contributed by atoms with E-state index in [2.05, 4.69) is 60.7 Å². The molecule has 17 heavy (non-hydrogen) atoms. The van der Waals surface area contributed by atoms with Gasteiger partial charge < -0.3 is 5.73 Å². The average molecular weight is 345 g/mol. The molecule has 2 N–H and O–H groups in total.